The highest BCUT2D eigenvalue weighted by molar-refractivity contribution is 7.99. The predicted octanol–water partition coefficient (Wildman–Crippen LogP) is 0.934. The number of imide groups is 1. The van der Waals surface area contributed by atoms with Crippen LogP contribution in [0.25, 0.3) is 0 Å². The molecule has 2 heterocycles. The van der Waals surface area contributed by atoms with Gasteiger partial charge in [0.2, 0.25) is 23.6 Å². The lowest BCUT2D eigenvalue weighted by Gasteiger charge is -2.32. The van der Waals surface area contributed by atoms with Gasteiger partial charge in [-0.25, -0.2) is 4.79 Å². The number of carboxylic acids is 3. The Hall–Kier alpha value is -5.16. The first-order chi connectivity index (χ1) is 31.9. The van der Waals surface area contributed by atoms with Gasteiger partial charge < -0.3 is 36.6 Å². The van der Waals surface area contributed by atoms with Crippen molar-refractivity contribution in [2.75, 3.05) is 108 Å². The number of nitrogens with one attached hydrogen (secondary N) is 4. The van der Waals surface area contributed by atoms with Crippen LogP contribution in [0.15, 0.2) is 24.3 Å². The Morgan fingerprint density at radius 3 is 1.73 bits per heavy atom. The van der Waals surface area contributed by atoms with Gasteiger partial charge in [-0.2, -0.15) is 11.8 Å². The molecule has 0 aromatic heterocycles. The van der Waals surface area contributed by atoms with Crippen molar-refractivity contribution in [3.63, 3.8) is 0 Å². The van der Waals surface area contributed by atoms with Crippen LogP contribution in [0.4, 0.5) is 10.5 Å². The molecule has 6 amide bonds. The number of carbonyl (C=O) groups is 9. The minimum Gasteiger partial charge on any atom is -0.480 e. The summed E-state index contributed by atoms with van der Waals surface area (Å²) >= 11 is 1.66. The number of hydrogen-bond donors (Lipinski definition) is 7. The van der Waals surface area contributed by atoms with E-state index < -0.39 is 35.9 Å². The third kappa shape index (κ3) is 21.1. The monoisotopic (exact) mass is 961 g/mol. The lowest BCUT2D eigenvalue weighted by Crippen LogP contribution is -2.49. The largest absolute Gasteiger partial charge is 0.480 e. The number of Topliss-reactive ketones (excluding diaryl/α,β-unsaturated/α-hetero) is 1. The topological polar surface area (TPSA) is 279 Å². The molecule has 1 aromatic rings. The van der Waals surface area contributed by atoms with Gasteiger partial charge in [-0.3, -0.25) is 62.9 Å². The van der Waals surface area contributed by atoms with E-state index in [0.717, 1.165) is 22.6 Å². The number of hydrogen-bond acceptors (Lipinski definition) is 14. The van der Waals surface area contributed by atoms with E-state index in [1.165, 1.54) is 0 Å². The second-order valence-corrected chi connectivity index (χ2v) is 18.5. The van der Waals surface area contributed by atoms with Crippen LogP contribution in [0.3, 0.4) is 0 Å². The van der Waals surface area contributed by atoms with Gasteiger partial charge in [0.25, 0.3) is 0 Å². The molecule has 2 aliphatic heterocycles. The highest BCUT2D eigenvalue weighted by Gasteiger charge is 2.36. The van der Waals surface area contributed by atoms with Crippen LogP contribution in [0, 0.1) is 17.8 Å². The van der Waals surface area contributed by atoms with Crippen LogP contribution in [-0.2, 0) is 44.9 Å². The van der Waals surface area contributed by atoms with Gasteiger partial charge in [-0.05, 0) is 48.0 Å². The number of likely N-dealkylation sites (tertiary alicyclic amines) is 1. The van der Waals surface area contributed by atoms with E-state index in [4.69, 9.17) is 0 Å². The van der Waals surface area contributed by atoms with Gasteiger partial charge >= 0.3 is 23.9 Å². The summed E-state index contributed by atoms with van der Waals surface area (Å²) in [7, 11) is 0. The van der Waals surface area contributed by atoms with E-state index in [9.17, 15) is 58.5 Å². The zero-order valence-electron chi connectivity index (χ0n) is 39.3. The molecule has 67 heavy (non-hydrogen) atoms. The normalized spacial score (nSPS) is 18.5. The minimum absolute atomic E-state index is 0.0468. The van der Waals surface area contributed by atoms with Crippen LogP contribution >= 0.6 is 11.8 Å². The molecule has 0 radical (unpaired) electrons. The molecule has 2 fully saturated rings. The lowest BCUT2D eigenvalue weighted by atomic mass is 9.85. The van der Waals surface area contributed by atoms with Crippen molar-refractivity contribution in [3.05, 3.63) is 29.8 Å². The molecule has 0 saturated carbocycles. The Morgan fingerprint density at radius 1 is 0.746 bits per heavy atom. The van der Waals surface area contributed by atoms with Gasteiger partial charge in [0.05, 0.1) is 32.2 Å². The number of rotatable bonds is 26. The maximum absolute atomic E-state index is 13.8. The summed E-state index contributed by atoms with van der Waals surface area (Å²) < 4.78 is 0. The van der Waals surface area contributed by atoms with E-state index in [-0.39, 0.29) is 139 Å². The first kappa shape index (κ1) is 56.2. The number of carbonyl (C=O) groups excluding carboxylic acids is 6. The summed E-state index contributed by atoms with van der Waals surface area (Å²) in [5, 5.41) is 39.7. The van der Waals surface area contributed by atoms with Gasteiger partial charge in [-0.1, -0.05) is 46.2 Å². The third-order valence-electron chi connectivity index (χ3n) is 11.9. The Morgan fingerprint density at radius 2 is 1.27 bits per heavy atom. The van der Waals surface area contributed by atoms with E-state index >= 15 is 0 Å². The van der Waals surface area contributed by atoms with Crippen molar-refractivity contribution >= 4 is 70.8 Å². The number of anilines is 1. The SMILES string of the molecule is CCCSCC[C@H](NC(=O)Nc1ccc(CNC(=O)CN2CCN(CC(=O)O)CCN(CC(=O)O)CCN(CC(=O)O)CC2)cc1)C(=O)C[C@H](C(=O)NCCN1C(=O)CC(C)C1=O)[C@@H](C)CC. The average Bonchev–Trinajstić information content (AvgIpc) is 3.51. The van der Waals surface area contributed by atoms with Crippen LogP contribution < -0.4 is 21.3 Å². The first-order valence-electron chi connectivity index (χ1n) is 23.1. The number of amides is 6. The molecule has 2 aliphatic rings. The van der Waals surface area contributed by atoms with Crippen molar-refractivity contribution < 1.29 is 58.5 Å². The molecular formula is C45H71N9O12S. The molecule has 22 heteroatoms. The first-order valence-corrected chi connectivity index (χ1v) is 24.2. The fourth-order valence-corrected chi connectivity index (χ4v) is 8.63. The van der Waals surface area contributed by atoms with Gasteiger partial charge in [0, 0.05) is 102 Å². The summed E-state index contributed by atoms with van der Waals surface area (Å²) in [6.07, 6.45) is 1.96. The Bertz CT molecular complexity index is 1810. The second kappa shape index (κ2) is 29.6. The molecule has 3 rings (SSSR count). The minimum atomic E-state index is -1.05. The smallest absolute Gasteiger partial charge is 0.319 e. The Kier molecular flexibility index (Phi) is 24.8. The molecule has 0 aliphatic carbocycles. The third-order valence-corrected chi connectivity index (χ3v) is 13.1. The van der Waals surface area contributed by atoms with Crippen molar-refractivity contribution in [1.29, 1.82) is 0 Å². The molecule has 0 spiro atoms. The van der Waals surface area contributed by atoms with E-state index in [0.29, 0.717) is 37.4 Å². The number of urea groups is 1. The van der Waals surface area contributed by atoms with Crippen LogP contribution in [-0.4, -0.2) is 202 Å². The second-order valence-electron chi connectivity index (χ2n) is 17.3. The number of benzene rings is 1. The number of nitrogens with zero attached hydrogens (tertiary/aromatic N) is 5. The molecule has 7 N–H and O–H groups in total. The fraction of sp³-hybridized carbons (Fsp3) is 0.667. The standard InChI is InChI=1S/C45H71N9O12S/c1-5-22-67-23-11-36(37(55)25-35(31(3)6-2)43(64)46-12-13-54-39(57)24-32(4)44(54)65)49-45(66)48-34-9-7-33(8-10-34)26-47-38(56)27-50-14-16-51(28-40(58)59)18-20-53(30-42(62)63)21-19-52(17-15-50)29-41(60)61/h7-10,31-32,35-36H,5-6,11-30H2,1-4H3,(H,46,64)(H,47,56)(H,58,59)(H,60,61)(H,62,63)(H2,48,49,66)/t31-,32?,35-,36-/m0/s1. The molecule has 374 valence electrons. The lowest BCUT2D eigenvalue weighted by molar-refractivity contribution is -0.140. The van der Waals surface area contributed by atoms with E-state index in [1.807, 2.05) is 18.7 Å². The molecule has 4 atom stereocenters. The van der Waals surface area contributed by atoms with Crippen molar-refractivity contribution in [1.82, 2.24) is 40.4 Å². The maximum atomic E-state index is 13.8. The molecule has 1 aromatic carbocycles. The summed E-state index contributed by atoms with van der Waals surface area (Å²) in [6, 6.07) is 5.29. The molecular weight excluding hydrogens is 891 g/mol. The molecule has 21 nitrogen and oxygen atoms in total. The molecule has 0 bridgehead atoms. The van der Waals surface area contributed by atoms with E-state index in [1.54, 1.807) is 57.7 Å². The number of ketones is 1. The number of carboxylic acid groups (broad SMARTS) is 3. The Balaban J connectivity index is 1.59. The van der Waals surface area contributed by atoms with Gasteiger partial charge in [0.15, 0.2) is 5.78 Å². The maximum Gasteiger partial charge on any atom is 0.319 e. The van der Waals surface area contributed by atoms with Crippen molar-refractivity contribution in [3.8, 4) is 0 Å². The predicted molar refractivity (Wildman–Crippen MR) is 251 cm³/mol. The van der Waals surface area contributed by atoms with Gasteiger partial charge in [-0.15, -0.1) is 0 Å². The quantitative estimate of drug-likeness (QED) is 0.0503. The van der Waals surface area contributed by atoms with Crippen LogP contribution in [0.1, 0.15) is 65.4 Å². The summed E-state index contributed by atoms with van der Waals surface area (Å²) in [5.74, 6) is -4.38. The van der Waals surface area contributed by atoms with Gasteiger partial charge in [0.1, 0.15) is 0 Å². The zero-order chi connectivity index (χ0) is 49.5. The Labute approximate surface area is 397 Å². The van der Waals surface area contributed by atoms with E-state index in [2.05, 4.69) is 28.2 Å². The van der Waals surface area contributed by atoms with Crippen LogP contribution in [0.2, 0.25) is 0 Å². The fourth-order valence-electron chi connectivity index (χ4n) is 7.74. The summed E-state index contributed by atoms with van der Waals surface area (Å²) in [6.45, 7) is 9.16. The summed E-state index contributed by atoms with van der Waals surface area (Å²) in [5.41, 5.74) is 1.16. The highest BCUT2D eigenvalue weighted by Crippen LogP contribution is 2.23. The van der Waals surface area contributed by atoms with Crippen molar-refractivity contribution in [2.45, 2.75) is 72.4 Å². The molecule has 2 saturated heterocycles. The highest BCUT2D eigenvalue weighted by atomic mass is 32.2. The molecule has 1 unspecified atom stereocenters. The number of thioether (sulfide) groups is 1. The average molecular weight is 962 g/mol. The van der Waals surface area contributed by atoms with Crippen LogP contribution in [0.5, 0.6) is 0 Å². The zero-order valence-corrected chi connectivity index (χ0v) is 40.2. The van der Waals surface area contributed by atoms with Crippen molar-refractivity contribution in [2.24, 2.45) is 17.8 Å². The number of aliphatic carboxylic acids is 3. The summed E-state index contributed by atoms with van der Waals surface area (Å²) in [4.78, 5) is 121.